The quantitative estimate of drug-likeness (QED) is 0.840. The molecule has 5 heteroatoms. The van der Waals surface area contributed by atoms with Gasteiger partial charge in [0.15, 0.2) is 0 Å². The van der Waals surface area contributed by atoms with E-state index in [9.17, 15) is 14.7 Å². The van der Waals surface area contributed by atoms with Crippen molar-refractivity contribution in [3.63, 3.8) is 0 Å². The zero-order valence-electron chi connectivity index (χ0n) is 14.4. The molecule has 23 heavy (non-hydrogen) atoms. The molecule has 5 nitrogen and oxygen atoms in total. The van der Waals surface area contributed by atoms with E-state index in [2.05, 4.69) is 0 Å². The molecule has 124 valence electrons. The molecule has 0 radical (unpaired) electrons. The minimum absolute atomic E-state index is 0.0800. The second kappa shape index (κ2) is 6.54. The molecule has 0 spiro atoms. The Balaban J connectivity index is 2.62. The molecule has 1 aliphatic heterocycles. The molecular weight excluding hydrogens is 292 g/mol. The molecule has 0 aliphatic carbocycles. The maximum Gasteiger partial charge on any atom is 0.278 e. The van der Waals surface area contributed by atoms with Crippen molar-refractivity contribution in [3.8, 4) is 0 Å². The Labute approximate surface area is 137 Å². The highest BCUT2D eigenvalue weighted by Crippen LogP contribution is 2.32. The van der Waals surface area contributed by atoms with Crippen molar-refractivity contribution in [3.05, 3.63) is 40.6 Å². The number of aryl methyl sites for hydroxylation is 2. The number of hydrogen-bond acceptors (Lipinski definition) is 4. The fourth-order valence-electron chi connectivity index (χ4n) is 2.78. The SMILES string of the molecule is Cc1ccc(C2=C(N(C)CCO)C(=O)N(C(C)C)C2=O)cc1C. The monoisotopic (exact) mass is 316 g/mol. The van der Waals surface area contributed by atoms with Gasteiger partial charge in [-0.15, -0.1) is 0 Å². The third-order valence-electron chi connectivity index (χ3n) is 4.22. The van der Waals surface area contributed by atoms with Gasteiger partial charge in [-0.3, -0.25) is 14.5 Å². The largest absolute Gasteiger partial charge is 0.395 e. The van der Waals surface area contributed by atoms with E-state index >= 15 is 0 Å². The fourth-order valence-corrected chi connectivity index (χ4v) is 2.78. The van der Waals surface area contributed by atoms with Crippen LogP contribution in [0.4, 0.5) is 0 Å². The van der Waals surface area contributed by atoms with Crippen LogP contribution >= 0.6 is 0 Å². The van der Waals surface area contributed by atoms with E-state index in [0.29, 0.717) is 17.8 Å². The number of imide groups is 1. The second-order valence-corrected chi connectivity index (χ2v) is 6.24. The smallest absolute Gasteiger partial charge is 0.278 e. The van der Waals surface area contributed by atoms with Gasteiger partial charge in [-0.25, -0.2) is 0 Å². The van der Waals surface area contributed by atoms with Crippen LogP contribution in [0.2, 0.25) is 0 Å². The van der Waals surface area contributed by atoms with E-state index in [0.717, 1.165) is 16.7 Å². The van der Waals surface area contributed by atoms with Crippen LogP contribution in [0.25, 0.3) is 5.57 Å². The first-order valence-electron chi connectivity index (χ1n) is 7.81. The van der Waals surface area contributed by atoms with Gasteiger partial charge in [0.05, 0.1) is 12.2 Å². The Hall–Kier alpha value is -2.14. The van der Waals surface area contributed by atoms with Gasteiger partial charge < -0.3 is 10.0 Å². The molecule has 2 amide bonds. The number of hydrogen-bond donors (Lipinski definition) is 1. The lowest BCUT2D eigenvalue weighted by Gasteiger charge is -2.22. The lowest BCUT2D eigenvalue weighted by molar-refractivity contribution is -0.139. The van der Waals surface area contributed by atoms with Gasteiger partial charge in [0.1, 0.15) is 5.70 Å². The lowest BCUT2D eigenvalue weighted by Crippen LogP contribution is -2.39. The highest BCUT2D eigenvalue weighted by atomic mass is 16.3. The molecule has 0 unspecified atom stereocenters. The van der Waals surface area contributed by atoms with Crippen LogP contribution in [-0.2, 0) is 9.59 Å². The van der Waals surface area contributed by atoms with E-state index in [-0.39, 0.29) is 24.5 Å². The number of amides is 2. The number of likely N-dealkylation sites (N-methyl/N-ethyl adjacent to an activating group) is 1. The minimum Gasteiger partial charge on any atom is -0.395 e. The molecule has 0 bridgehead atoms. The summed E-state index contributed by atoms with van der Waals surface area (Å²) in [5, 5.41) is 9.19. The third kappa shape index (κ3) is 3.01. The summed E-state index contributed by atoms with van der Waals surface area (Å²) in [5.41, 5.74) is 3.73. The molecule has 2 rings (SSSR count). The van der Waals surface area contributed by atoms with Gasteiger partial charge in [0.2, 0.25) is 0 Å². The van der Waals surface area contributed by atoms with Crippen molar-refractivity contribution in [1.82, 2.24) is 9.80 Å². The Bertz CT molecular complexity index is 677. The predicted molar refractivity (Wildman–Crippen MR) is 89.5 cm³/mol. The van der Waals surface area contributed by atoms with Crippen LogP contribution in [0.1, 0.15) is 30.5 Å². The average Bonchev–Trinajstić information content (AvgIpc) is 2.73. The van der Waals surface area contributed by atoms with Gasteiger partial charge >= 0.3 is 0 Å². The Kier molecular flexibility index (Phi) is 4.90. The van der Waals surface area contributed by atoms with Crippen molar-refractivity contribution in [2.75, 3.05) is 20.2 Å². The Morgan fingerprint density at radius 1 is 1.13 bits per heavy atom. The molecule has 1 N–H and O–H groups in total. The zero-order valence-corrected chi connectivity index (χ0v) is 14.4. The van der Waals surface area contributed by atoms with Crippen molar-refractivity contribution in [2.24, 2.45) is 0 Å². The average molecular weight is 316 g/mol. The molecule has 1 aromatic rings. The Morgan fingerprint density at radius 2 is 1.78 bits per heavy atom. The number of aliphatic hydroxyl groups excluding tert-OH is 1. The van der Waals surface area contributed by atoms with Gasteiger partial charge in [0.25, 0.3) is 11.8 Å². The summed E-state index contributed by atoms with van der Waals surface area (Å²) < 4.78 is 0. The first-order valence-corrected chi connectivity index (χ1v) is 7.81. The summed E-state index contributed by atoms with van der Waals surface area (Å²) in [6.45, 7) is 7.86. The van der Waals surface area contributed by atoms with E-state index < -0.39 is 0 Å². The number of benzene rings is 1. The van der Waals surface area contributed by atoms with Crippen molar-refractivity contribution in [1.29, 1.82) is 0 Å². The van der Waals surface area contributed by atoms with Gasteiger partial charge in [0, 0.05) is 19.6 Å². The predicted octanol–water partition coefficient (Wildman–Crippen LogP) is 1.72. The summed E-state index contributed by atoms with van der Waals surface area (Å²) in [7, 11) is 1.72. The number of nitrogens with zero attached hydrogens (tertiary/aromatic N) is 2. The summed E-state index contributed by atoms with van der Waals surface area (Å²) in [5.74, 6) is -0.567. The molecule has 1 aromatic carbocycles. The zero-order chi connectivity index (χ0) is 17.3. The molecule has 1 heterocycles. The van der Waals surface area contributed by atoms with Crippen molar-refractivity contribution in [2.45, 2.75) is 33.7 Å². The highest BCUT2D eigenvalue weighted by Gasteiger charge is 2.41. The first kappa shape index (κ1) is 17.2. The van der Waals surface area contributed by atoms with E-state index in [1.807, 2.05) is 45.9 Å². The maximum absolute atomic E-state index is 12.8. The summed E-state index contributed by atoms with van der Waals surface area (Å²) in [6.07, 6.45) is 0. The van der Waals surface area contributed by atoms with Gasteiger partial charge in [-0.1, -0.05) is 18.2 Å². The molecule has 0 fully saturated rings. The molecular formula is C18H24N2O3. The van der Waals surface area contributed by atoms with Crippen molar-refractivity contribution >= 4 is 17.4 Å². The van der Waals surface area contributed by atoms with Gasteiger partial charge in [-0.2, -0.15) is 0 Å². The Morgan fingerprint density at radius 3 is 2.30 bits per heavy atom. The third-order valence-corrected chi connectivity index (χ3v) is 4.22. The molecule has 0 aromatic heterocycles. The van der Waals surface area contributed by atoms with Crippen LogP contribution in [0.5, 0.6) is 0 Å². The number of carbonyl (C=O) groups is 2. The highest BCUT2D eigenvalue weighted by molar-refractivity contribution is 6.35. The van der Waals surface area contributed by atoms with Crippen LogP contribution in [0, 0.1) is 13.8 Å². The van der Waals surface area contributed by atoms with E-state index in [4.69, 9.17) is 0 Å². The maximum atomic E-state index is 12.8. The molecule has 0 saturated carbocycles. The van der Waals surface area contributed by atoms with Gasteiger partial charge in [-0.05, 0) is 44.4 Å². The second-order valence-electron chi connectivity index (χ2n) is 6.24. The van der Waals surface area contributed by atoms with Crippen LogP contribution in [0.3, 0.4) is 0 Å². The number of carbonyl (C=O) groups excluding carboxylic acids is 2. The fraction of sp³-hybridized carbons (Fsp3) is 0.444. The number of rotatable bonds is 5. The topological polar surface area (TPSA) is 60.9 Å². The van der Waals surface area contributed by atoms with E-state index in [1.165, 1.54) is 4.90 Å². The van der Waals surface area contributed by atoms with E-state index in [1.54, 1.807) is 11.9 Å². The molecule has 0 saturated heterocycles. The normalized spacial score (nSPS) is 15.2. The molecule has 0 atom stereocenters. The summed E-state index contributed by atoms with van der Waals surface area (Å²) in [4.78, 5) is 28.5. The lowest BCUT2D eigenvalue weighted by atomic mass is 9.99. The first-order chi connectivity index (χ1) is 10.8. The summed E-state index contributed by atoms with van der Waals surface area (Å²) in [6, 6.07) is 5.56. The minimum atomic E-state index is -0.297. The number of aliphatic hydroxyl groups is 1. The van der Waals surface area contributed by atoms with Crippen LogP contribution in [0.15, 0.2) is 23.9 Å². The molecule has 1 aliphatic rings. The van der Waals surface area contributed by atoms with Crippen LogP contribution < -0.4 is 0 Å². The standard InChI is InChI=1S/C18H24N2O3/c1-11(2)20-17(22)15(14-7-6-12(3)13(4)10-14)16(18(20)23)19(5)8-9-21/h6-7,10-11,21H,8-9H2,1-5H3. The summed E-state index contributed by atoms with van der Waals surface area (Å²) >= 11 is 0. The van der Waals surface area contributed by atoms with Crippen molar-refractivity contribution < 1.29 is 14.7 Å². The van der Waals surface area contributed by atoms with Crippen LogP contribution in [-0.4, -0.2) is 53.0 Å².